The second-order valence-electron chi connectivity index (χ2n) is 6.76. The van der Waals surface area contributed by atoms with Crippen LogP contribution in [0.3, 0.4) is 0 Å². The van der Waals surface area contributed by atoms with Gasteiger partial charge in [-0.25, -0.2) is 4.79 Å². The second kappa shape index (κ2) is 5.77. The molecule has 2 saturated heterocycles. The predicted octanol–water partition coefficient (Wildman–Crippen LogP) is 2.51. The molecular formula is C18H18N2O5. The molecule has 130 valence electrons. The lowest BCUT2D eigenvalue weighted by atomic mass is 9.67. The third kappa shape index (κ3) is 2.55. The lowest BCUT2D eigenvalue weighted by Crippen LogP contribution is -2.50. The van der Waals surface area contributed by atoms with Crippen LogP contribution in [0, 0.1) is 5.41 Å². The molecule has 0 amide bonds. The van der Waals surface area contributed by atoms with Crippen molar-refractivity contribution in [1.82, 2.24) is 10.1 Å². The van der Waals surface area contributed by atoms with E-state index in [0.717, 1.165) is 19.1 Å². The molecule has 25 heavy (non-hydrogen) atoms. The number of carbonyl (C=O) groups excluding carboxylic acids is 2. The lowest BCUT2D eigenvalue weighted by molar-refractivity contribution is -0.196. The third-order valence-corrected chi connectivity index (χ3v) is 5.30. The minimum absolute atomic E-state index is 0.348. The minimum Gasteiger partial charge on any atom is -0.465 e. The summed E-state index contributed by atoms with van der Waals surface area (Å²) in [6.45, 7) is 0.395. The highest BCUT2D eigenvalue weighted by molar-refractivity contribution is 5.90. The van der Waals surface area contributed by atoms with Crippen molar-refractivity contribution in [3.63, 3.8) is 0 Å². The van der Waals surface area contributed by atoms with Gasteiger partial charge in [0.15, 0.2) is 0 Å². The highest BCUT2D eigenvalue weighted by Crippen LogP contribution is 2.52. The van der Waals surface area contributed by atoms with E-state index in [4.69, 9.17) is 14.0 Å². The van der Waals surface area contributed by atoms with Gasteiger partial charge in [-0.05, 0) is 37.8 Å². The van der Waals surface area contributed by atoms with Gasteiger partial charge in [0.25, 0.3) is 5.89 Å². The molecular weight excluding hydrogens is 324 g/mol. The molecule has 2 bridgehead atoms. The molecule has 3 aliphatic rings. The van der Waals surface area contributed by atoms with Gasteiger partial charge in [-0.15, -0.1) is 0 Å². The highest BCUT2D eigenvalue weighted by atomic mass is 16.5. The molecule has 2 aromatic rings. The highest BCUT2D eigenvalue weighted by Gasteiger charge is 2.53. The number of benzene rings is 1. The van der Waals surface area contributed by atoms with Crippen molar-refractivity contribution < 1.29 is 23.6 Å². The van der Waals surface area contributed by atoms with Crippen LogP contribution >= 0.6 is 0 Å². The summed E-state index contributed by atoms with van der Waals surface area (Å²) in [4.78, 5) is 27.5. The maximum Gasteiger partial charge on any atom is 0.337 e. The Morgan fingerprint density at radius 3 is 2.72 bits per heavy atom. The number of aldehydes is 1. The van der Waals surface area contributed by atoms with Crippen molar-refractivity contribution >= 4 is 12.3 Å². The van der Waals surface area contributed by atoms with Crippen molar-refractivity contribution in [2.45, 2.75) is 31.3 Å². The first-order valence-electron chi connectivity index (χ1n) is 8.23. The Balaban J connectivity index is 1.61. The Labute approximate surface area is 144 Å². The third-order valence-electron chi connectivity index (χ3n) is 5.30. The Morgan fingerprint density at radius 2 is 2.08 bits per heavy atom. The lowest BCUT2D eigenvalue weighted by Gasteiger charge is -2.48. The van der Waals surface area contributed by atoms with E-state index in [0.29, 0.717) is 42.3 Å². The van der Waals surface area contributed by atoms with Crippen molar-refractivity contribution in [3.05, 3.63) is 35.7 Å². The number of fused-ring (bicyclic) bond motifs is 3. The number of nitrogens with zero attached hydrogens (tertiary/aromatic N) is 2. The van der Waals surface area contributed by atoms with Crippen LogP contribution < -0.4 is 0 Å². The molecule has 0 N–H and O–H groups in total. The fraction of sp³-hybridized carbons (Fsp3) is 0.444. The van der Waals surface area contributed by atoms with Crippen LogP contribution in [0.4, 0.5) is 0 Å². The van der Waals surface area contributed by atoms with Crippen LogP contribution in [-0.4, -0.2) is 36.1 Å². The van der Waals surface area contributed by atoms with Crippen molar-refractivity contribution in [1.29, 1.82) is 0 Å². The van der Waals surface area contributed by atoms with Crippen LogP contribution in [0.5, 0.6) is 0 Å². The first-order chi connectivity index (χ1) is 12.1. The maximum absolute atomic E-state index is 11.7. The van der Waals surface area contributed by atoms with E-state index in [1.165, 1.54) is 7.11 Å². The molecule has 1 aromatic carbocycles. The zero-order valence-electron chi connectivity index (χ0n) is 13.9. The van der Waals surface area contributed by atoms with Gasteiger partial charge in [0, 0.05) is 11.0 Å². The van der Waals surface area contributed by atoms with Crippen molar-refractivity contribution in [2.75, 3.05) is 13.7 Å². The van der Waals surface area contributed by atoms with Crippen LogP contribution in [0.1, 0.15) is 41.9 Å². The Hall–Kier alpha value is -2.54. The summed E-state index contributed by atoms with van der Waals surface area (Å²) in [5.74, 6) is 0.416. The zero-order chi connectivity index (χ0) is 17.5. The molecule has 5 rings (SSSR count). The number of hydrogen-bond acceptors (Lipinski definition) is 7. The van der Waals surface area contributed by atoms with E-state index in [2.05, 4.69) is 10.1 Å². The first kappa shape index (κ1) is 16.0. The van der Waals surface area contributed by atoms with Gasteiger partial charge in [0.05, 0.1) is 19.3 Å². The van der Waals surface area contributed by atoms with Gasteiger partial charge < -0.3 is 18.8 Å². The topological polar surface area (TPSA) is 91.5 Å². The SMILES string of the molecule is COC(=O)c1cccc(-c2noc(C34CCC(C=O)(CC3)CO4)n2)c1. The fourth-order valence-electron chi connectivity index (χ4n) is 3.58. The molecule has 7 heteroatoms. The van der Waals surface area contributed by atoms with Gasteiger partial charge in [0.2, 0.25) is 5.82 Å². The number of methoxy groups -OCH3 is 1. The van der Waals surface area contributed by atoms with Gasteiger partial charge in [-0.2, -0.15) is 4.98 Å². The smallest absolute Gasteiger partial charge is 0.337 e. The van der Waals surface area contributed by atoms with Crippen molar-refractivity contribution in [2.24, 2.45) is 5.41 Å². The molecule has 0 unspecified atom stereocenters. The summed E-state index contributed by atoms with van der Waals surface area (Å²) in [5.41, 5.74) is 0.144. The molecule has 0 atom stereocenters. The zero-order valence-corrected chi connectivity index (χ0v) is 13.9. The van der Waals surface area contributed by atoms with E-state index in [1.54, 1.807) is 24.3 Å². The van der Waals surface area contributed by atoms with Gasteiger partial charge in [-0.1, -0.05) is 17.3 Å². The van der Waals surface area contributed by atoms with E-state index in [1.807, 2.05) is 0 Å². The summed E-state index contributed by atoms with van der Waals surface area (Å²) in [6.07, 6.45) is 3.94. The molecule has 7 nitrogen and oxygen atoms in total. The Morgan fingerprint density at radius 1 is 1.28 bits per heavy atom. The number of rotatable bonds is 4. The van der Waals surface area contributed by atoms with Crippen LogP contribution in [0.15, 0.2) is 28.8 Å². The Bertz CT molecular complexity index is 804. The molecule has 0 radical (unpaired) electrons. The predicted molar refractivity (Wildman–Crippen MR) is 85.7 cm³/mol. The summed E-state index contributed by atoms with van der Waals surface area (Å²) in [7, 11) is 1.34. The summed E-state index contributed by atoms with van der Waals surface area (Å²) in [6, 6.07) is 6.88. The van der Waals surface area contributed by atoms with Crippen LogP contribution in [0.2, 0.25) is 0 Å². The van der Waals surface area contributed by atoms with E-state index >= 15 is 0 Å². The number of hydrogen-bond donors (Lipinski definition) is 0. The van der Waals surface area contributed by atoms with Crippen LogP contribution in [0.25, 0.3) is 11.4 Å². The molecule has 1 aromatic heterocycles. The van der Waals surface area contributed by atoms with Gasteiger partial charge >= 0.3 is 5.97 Å². The quantitative estimate of drug-likeness (QED) is 0.622. The number of aromatic nitrogens is 2. The Kier molecular flexibility index (Phi) is 3.68. The summed E-state index contributed by atoms with van der Waals surface area (Å²) >= 11 is 0. The van der Waals surface area contributed by atoms with E-state index in [-0.39, 0.29) is 5.41 Å². The molecule has 1 saturated carbocycles. The normalized spacial score (nSPS) is 27.9. The minimum atomic E-state index is -0.601. The maximum atomic E-state index is 11.7. The first-order valence-corrected chi connectivity index (χ1v) is 8.23. The average molecular weight is 342 g/mol. The van der Waals surface area contributed by atoms with E-state index in [9.17, 15) is 9.59 Å². The van der Waals surface area contributed by atoms with E-state index < -0.39 is 11.6 Å². The summed E-state index contributed by atoms with van der Waals surface area (Å²) < 4.78 is 16.2. The van der Waals surface area contributed by atoms with Crippen LogP contribution in [-0.2, 0) is 19.9 Å². The summed E-state index contributed by atoms with van der Waals surface area (Å²) in [5, 5.41) is 4.05. The fourth-order valence-corrected chi connectivity index (χ4v) is 3.58. The largest absolute Gasteiger partial charge is 0.465 e. The number of ether oxygens (including phenoxy) is 2. The second-order valence-corrected chi connectivity index (χ2v) is 6.76. The molecule has 2 aliphatic heterocycles. The monoisotopic (exact) mass is 342 g/mol. The standard InChI is InChI=1S/C18H18N2O5/c1-23-15(22)13-4-2-3-12(9-13)14-19-16(25-20-14)18-7-5-17(10-21,6-8-18)11-24-18/h2-4,9-10H,5-8,11H2,1H3. The molecule has 3 heterocycles. The van der Waals surface area contributed by atoms with Crippen molar-refractivity contribution in [3.8, 4) is 11.4 Å². The molecule has 0 spiro atoms. The number of carbonyl (C=O) groups is 2. The average Bonchev–Trinajstić information content (AvgIpc) is 3.20. The van der Waals surface area contributed by atoms with Gasteiger partial charge in [-0.3, -0.25) is 0 Å². The number of esters is 1. The van der Waals surface area contributed by atoms with Gasteiger partial charge in [0.1, 0.15) is 11.9 Å². The molecule has 1 aliphatic carbocycles. The molecule has 3 fully saturated rings.